The van der Waals surface area contributed by atoms with Crippen LogP contribution in [0.2, 0.25) is 0 Å². The molecule has 8 nitrogen and oxygen atoms in total. The molecule has 1 aromatic carbocycles. The summed E-state index contributed by atoms with van der Waals surface area (Å²) in [5.41, 5.74) is 0.818. The summed E-state index contributed by atoms with van der Waals surface area (Å²) in [6.45, 7) is 1.42. The molecule has 0 radical (unpaired) electrons. The van der Waals surface area contributed by atoms with Crippen LogP contribution in [0.1, 0.15) is 33.4 Å². The van der Waals surface area contributed by atoms with Gasteiger partial charge in [-0.3, -0.25) is 14.4 Å². The largest absolute Gasteiger partial charge is 0.462 e. The molecule has 0 aliphatic rings. The second-order valence-corrected chi connectivity index (χ2v) is 6.53. The monoisotopic (exact) mass is 404 g/mol. The molecule has 28 heavy (non-hydrogen) atoms. The molecule has 0 saturated heterocycles. The highest BCUT2D eigenvalue weighted by Gasteiger charge is 2.12. The topological polar surface area (TPSA) is 111 Å². The van der Waals surface area contributed by atoms with Crippen molar-refractivity contribution >= 4 is 40.8 Å². The van der Waals surface area contributed by atoms with E-state index in [-0.39, 0.29) is 12.5 Å². The van der Waals surface area contributed by atoms with E-state index in [4.69, 9.17) is 9.47 Å². The van der Waals surface area contributed by atoms with E-state index < -0.39 is 24.5 Å². The van der Waals surface area contributed by atoms with Crippen LogP contribution in [0.3, 0.4) is 0 Å². The first-order valence-corrected chi connectivity index (χ1v) is 9.42. The Morgan fingerprint density at radius 3 is 2.43 bits per heavy atom. The van der Waals surface area contributed by atoms with E-state index in [1.807, 2.05) is 6.92 Å². The third-order valence-electron chi connectivity index (χ3n) is 3.34. The number of amides is 2. The van der Waals surface area contributed by atoms with Crippen molar-refractivity contribution in [3.05, 3.63) is 52.2 Å². The van der Waals surface area contributed by atoms with Gasteiger partial charge in [0.25, 0.3) is 11.8 Å². The smallest absolute Gasteiger partial charge is 0.338 e. The minimum Gasteiger partial charge on any atom is -0.462 e. The number of rotatable bonds is 9. The van der Waals surface area contributed by atoms with E-state index in [1.165, 1.54) is 23.5 Å². The second-order valence-electron chi connectivity index (χ2n) is 5.58. The van der Waals surface area contributed by atoms with E-state index in [0.29, 0.717) is 22.7 Å². The number of benzene rings is 1. The van der Waals surface area contributed by atoms with Crippen LogP contribution in [-0.4, -0.2) is 43.5 Å². The Balaban J connectivity index is 1.70. The zero-order valence-corrected chi connectivity index (χ0v) is 16.0. The molecule has 0 aliphatic carbocycles. The Morgan fingerprint density at radius 1 is 1.04 bits per heavy atom. The SMILES string of the molecule is CCCOC(=O)c1ccc(NC(=O)COC(=O)CNC(=O)c2cccs2)cc1. The zero-order valence-electron chi connectivity index (χ0n) is 15.2. The summed E-state index contributed by atoms with van der Waals surface area (Å²) in [6.07, 6.45) is 0.732. The number of nitrogens with one attached hydrogen (secondary N) is 2. The molecule has 0 bridgehead atoms. The lowest BCUT2D eigenvalue weighted by molar-refractivity contribution is -0.146. The van der Waals surface area contributed by atoms with Crippen LogP contribution >= 0.6 is 11.3 Å². The highest BCUT2D eigenvalue weighted by Crippen LogP contribution is 2.11. The summed E-state index contributed by atoms with van der Waals surface area (Å²) in [6, 6.07) is 9.50. The molecule has 0 unspecified atom stereocenters. The third-order valence-corrected chi connectivity index (χ3v) is 4.21. The predicted molar refractivity (Wildman–Crippen MR) is 103 cm³/mol. The first kappa shape index (κ1) is 21.1. The molecule has 148 valence electrons. The fourth-order valence-electron chi connectivity index (χ4n) is 2.01. The minimum atomic E-state index is -0.728. The highest BCUT2D eigenvalue weighted by molar-refractivity contribution is 7.12. The number of carbonyl (C=O) groups is 4. The number of hydrogen-bond donors (Lipinski definition) is 2. The Morgan fingerprint density at radius 2 is 1.79 bits per heavy atom. The normalized spacial score (nSPS) is 10.0. The maximum Gasteiger partial charge on any atom is 0.338 e. The maximum absolute atomic E-state index is 11.8. The Labute approximate surface area is 165 Å². The third kappa shape index (κ3) is 6.84. The number of hydrogen-bond acceptors (Lipinski definition) is 7. The van der Waals surface area contributed by atoms with Gasteiger partial charge in [0.1, 0.15) is 6.54 Å². The van der Waals surface area contributed by atoms with E-state index in [9.17, 15) is 19.2 Å². The lowest BCUT2D eigenvalue weighted by atomic mass is 10.2. The molecule has 1 heterocycles. The molecule has 2 rings (SSSR count). The van der Waals surface area contributed by atoms with Crippen molar-refractivity contribution in [1.82, 2.24) is 5.32 Å². The Kier molecular flexibility index (Phi) is 8.16. The van der Waals surface area contributed by atoms with E-state index in [0.717, 1.165) is 6.42 Å². The van der Waals surface area contributed by atoms with Gasteiger partial charge >= 0.3 is 11.9 Å². The Bertz CT molecular complexity index is 817. The molecule has 0 atom stereocenters. The van der Waals surface area contributed by atoms with Crippen molar-refractivity contribution in [3.63, 3.8) is 0 Å². The lowest BCUT2D eigenvalue weighted by Gasteiger charge is -2.08. The van der Waals surface area contributed by atoms with Gasteiger partial charge in [-0.1, -0.05) is 13.0 Å². The van der Waals surface area contributed by atoms with Gasteiger partial charge in [-0.05, 0) is 42.1 Å². The molecule has 0 fully saturated rings. The van der Waals surface area contributed by atoms with Crippen molar-refractivity contribution < 1.29 is 28.7 Å². The van der Waals surface area contributed by atoms with Crippen LogP contribution < -0.4 is 10.6 Å². The van der Waals surface area contributed by atoms with Gasteiger partial charge in [0.15, 0.2) is 6.61 Å². The number of esters is 2. The molecule has 2 aromatic rings. The van der Waals surface area contributed by atoms with Gasteiger partial charge in [-0.15, -0.1) is 11.3 Å². The summed E-state index contributed by atoms with van der Waals surface area (Å²) in [4.78, 5) is 47.3. The van der Waals surface area contributed by atoms with Gasteiger partial charge in [0, 0.05) is 5.69 Å². The average Bonchev–Trinajstić information content (AvgIpc) is 3.24. The lowest BCUT2D eigenvalue weighted by Crippen LogP contribution is -2.31. The van der Waals surface area contributed by atoms with E-state index in [2.05, 4.69) is 10.6 Å². The first-order valence-electron chi connectivity index (χ1n) is 8.54. The van der Waals surface area contributed by atoms with Gasteiger partial charge < -0.3 is 20.1 Å². The van der Waals surface area contributed by atoms with Gasteiger partial charge in [-0.25, -0.2) is 4.79 Å². The van der Waals surface area contributed by atoms with Gasteiger partial charge in [-0.2, -0.15) is 0 Å². The van der Waals surface area contributed by atoms with Crippen molar-refractivity contribution in [2.75, 3.05) is 25.1 Å². The zero-order chi connectivity index (χ0) is 20.4. The summed E-state index contributed by atoms with van der Waals surface area (Å²) < 4.78 is 9.83. The van der Waals surface area contributed by atoms with Gasteiger partial charge in [0.2, 0.25) is 0 Å². The molecule has 9 heteroatoms. The molecule has 0 aliphatic heterocycles. The van der Waals surface area contributed by atoms with Crippen molar-refractivity contribution in [1.29, 1.82) is 0 Å². The molecular formula is C19H20N2O6S. The van der Waals surface area contributed by atoms with Crippen molar-refractivity contribution in [3.8, 4) is 0 Å². The molecule has 0 spiro atoms. The molecule has 1 aromatic heterocycles. The van der Waals surface area contributed by atoms with Crippen LogP contribution in [-0.2, 0) is 19.1 Å². The van der Waals surface area contributed by atoms with Crippen molar-refractivity contribution in [2.24, 2.45) is 0 Å². The second kappa shape index (κ2) is 10.8. The first-order chi connectivity index (χ1) is 13.5. The van der Waals surface area contributed by atoms with Crippen LogP contribution in [0.15, 0.2) is 41.8 Å². The van der Waals surface area contributed by atoms with Gasteiger partial charge in [0.05, 0.1) is 17.0 Å². The summed E-state index contributed by atoms with van der Waals surface area (Å²) in [5.74, 6) is -2.08. The summed E-state index contributed by atoms with van der Waals surface area (Å²) in [7, 11) is 0. The van der Waals surface area contributed by atoms with Crippen molar-refractivity contribution in [2.45, 2.75) is 13.3 Å². The molecule has 0 saturated carbocycles. The highest BCUT2D eigenvalue weighted by atomic mass is 32.1. The number of carbonyl (C=O) groups excluding carboxylic acids is 4. The van der Waals surface area contributed by atoms with Crippen LogP contribution in [0.4, 0.5) is 5.69 Å². The van der Waals surface area contributed by atoms with E-state index in [1.54, 1.807) is 29.6 Å². The average molecular weight is 404 g/mol. The number of ether oxygens (including phenoxy) is 2. The molecule has 2 N–H and O–H groups in total. The fraction of sp³-hybridized carbons (Fsp3) is 0.263. The standard InChI is InChI=1S/C19H20N2O6S/c1-2-9-26-19(25)13-5-7-14(8-6-13)21-16(22)12-27-17(23)11-20-18(24)15-4-3-10-28-15/h3-8,10H,2,9,11-12H2,1H3,(H,20,24)(H,21,22). The minimum absolute atomic E-state index is 0.335. The summed E-state index contributed by atoms with van der Waals surface area (Å²) >= 11 is 1.25. The van der Waals surface area contributed by atoms with Crippen LogP contribution in [0, 0.1) is 0 Å². The maximum atomic E-state index is 11.8. The molecule has 2 amide bonds. The quantitative estimate of drug-likeness (QED) is 0.620. The predicted octanol–water partition coefficient (Wildman–Crippen LogP) is 2.23. The van der Waals surface area contributed by atoms with Crippen LogP contribution in [0.5, 0.6) is 0 Å². The number of thiophene rings is 1. The Hall–Kier alpha value is -3.20. The van der Waals surface area contributed by atoms with E-state index >= 15 is 0 Å². The molecular weight excluding hydrogens is 384 g/mol. The number of anilines is 1. The fourth-order valence-corrected chi connectivity index (χ4v) is 2.65. The van der Waals surface area contributed by atoms with Crippen LogP contribution in [0.25, 0.3) is 0 Å². The summed E-state index contributed by atoms with van der Waals surface area (Å²) in [5, 5.41) is 6.70.